The minimum absolute atomic E-state index is 0.199. The third kappa shape index (κ3) is 2.44. The third-order valence-corrected chi connectivity index (χ3v) is 3.53. The number of nitro groups is 1. The van der Waals surface area contributed by atoms with Gasteiger partial charge in [0, 0.05) is 5.54 Å². The van der Waals surface area contributed by atoms with Crippen LogP contribution in [-0.2, 0) is 0 Å². The highest BCUT2D eigenvalue weighted by atomic mass is 19.1. The van der Waals surface area contributed by atoms with Crippen molar-refractivity contribution in [2.45, 2.75) is 39.2 Å². The second-order valence-electron chi connectivity index (χ2n) is 5.50. The molecule has 2 rings (SSSR count). The van der Waals surface area contributed by atoms with Gasteiger partial charge in [-0.05, 0) is 51.2 Å². The smallest absolute Gasteiger partial charge is 0.295 e. The summed E-state index contributed by atoms with van der Waals surface area (Å²) in [6.07, 6.45) is 2.27. The van der Waals surface area contributed by atoms with Gasteiger partial charge >= 0.3 is 0 Å². The number of anilines is 1. The summed E-state index contributed by atoms with van der Waals surface area (Å²) in [5.41, 5.74) is 0.409. The number of nitrogens with one attached hydrogen (secondary N) is 1. The van der Waals surface area contributed by atoms with Crippen molar-refractivity contribution in [2.75, 3.05) is 5.32 Å². The van der Waals surface area contributed by atoms with Crippen LogP contribution in [0.5, 0.6) is 0 Å². The van der Waals surface area contributed by atoms with Crippen LogP contribution in [0.4, 0.5) is 15.8 Å². The summed E-state index contributed by atoms with van der Waals surface area (Å²) in [7, 11) is 0. The quantitative estimate of drug-likeness (QED) is 0.657. The van der Waals surface area contributed by atoms with Gasteiger partial charge in [-0.25, -0.2) is 4.39 Å². The molecule has 0 aromatic heterocycles. The summed E-state index contributed by atoms with van der Waals surface area (Å²) in [5, 5.41) is 14.1. The van der Waals surface area contributed by atoms with E-state index in [0.29, 0.717) is 17.2 Å². The lowest BCUT2D eigenvalue weighted by Crippen LogP contribution is -2.33. The summed E-state index contributed by atoms with van der Waals surface area (Å²) in [4.78, 5) is 10.4. The maximum absolute atomic E-state index is 13.4. The highest BCUT2D eigenvalue weighted by molar-refractivity contribution is 5.64. The van der Waals surface area contributed by atoms with Crippen LogP contribution in [0.3, 0.4) is 0 Å². The van der Waals surface area contributed by atoms with Gasteiger partial charge in [0.05, 0.1) is 11.0 Å². The lowest BCUT2D eigenvalue weighted by molar-refractivity contribution is -0.384. The zero-order valence-corrected chi connectivity index (χ0v) is 10.8. The normalized spacial score (nSPS) is 15.6. The SMILES string of the molecule is Cc1cc(NC(C)(C)C2CC2)c([N+](=O)[O-])cc1F. The molecule has 0 aliphatic heterocycles. The van der Waals surface area contributed by atoms with E-state index in [9.17, 15) is 14.5 Å². The van der Waals surface area contributed by atoms with Crippen LogP contribution in [0.15, 0.2) is 12.1 Å². The topological polar surface area (TPSA) is 55.2 Å². The molecule has 1 aliphatic rings. The first kappa shape index (κ1) is 12.8. The molecule has 1 N–H and O–H groups in total. The fourth-order valence-corrected chi connectivity index (χ4v) is 2.18. The van der Waals surface area contributed by atoms with Gasteiger partial charge in [-0.1, -0.05) is 0 Å². The molecule has 1 aromatic rings. The van der Waals surface area contributed by atoms with Gasteiger partial charge in [-0.2, -0.15) is 0 Å². The number of halogens is 1. The molecule has 1 saturated carbocycles. The molecular formula is C13H17FN2O2. The van der Waals surface area contributed by atoms with E-state index in [-0.39, 0.29) is 11.2 Å². The summed E-state index contributed by atoms with van der Waals surface area (Å²) in [6.45, 7) is 5.65. The van der Waals surface area contributed by atoms with Gasteiger partial charge < -0.3 is 5.32 Å². The molecule has 0 amide bonds. The van der Waals surface area contributed by atoms with Crippen molar-refractivity contribution in [3.8, 4) is 0 Å². The molecule has 1 aromatic carbocycles. The number of nitrogens with zero attached hydrogens (tertiary/aromatic N) is 1. The minimum atomic E-state index is -0.548. The van der Waals surface area contributed by atoms with Crippen molar-refractivity contribution in [3.05, 3.63) is 33.6 Å². The van der Waals surface area contributed by atoms with Gasteiger partial charge in [0.15, 0.2) is 0 Å². The van der Waals surface area contributed by atoms with Crippen molar-refractivity contribution in [2.24, 2.45) is 5.92 Å². The molecule has 0 unspecified atom stereocenters. The van der Waals surface area contributed by atoms with E-state index < -0.39 is 10.7 Å². The molecular weight excluding hydrogens is 235 g/mol. The van der Waals surface area contributed by atoms with E-state index in [1.54, 1.807) is 6.92 Å². The number of rotatable bonds is 4. The largest absolute Gasteiger partial charge is 0.374 e. The van der Waals surface area contributed by atoms with Crippen molar-refractivity contribution in [3.63, 3.8) is 0 Å². The maximum atomic E-state index is 13.4. The Kier molecular flexibility index (Phi) is 3.00. The first-order chi connectivity index (χ1) is 8.31. The van der Waals surface area contributed by atoms with E-state index in [0.717, 1.165) is 18.9 Å². The highest BCUT2D eigenvalue weighted by Gasteiger charge is 2.38. The van der Waals surface area contributed by atoms with Crippen LogP contribution < -0.4 is 5.32 Å². The Labute approximate surface area is 105 Å². The van der Waals surface area contributed by atoms with Crippen LogP contribution in [-0.4, -0.2) is 10.5 Å². The van der Waals surface area contributed by atoms with Crippen LogP contribution in [0.1, 0.15) is 32.3 Å². The number of hydrogen-bond donors (Lipinski definition) is 1. The Morgan fingerprint density at radius 1 is 1.44 bits per heavy atom. The molecule has 1 aliphatic carbocycles. The molecule has 98 valence electrons. The lowest BCUT2D eigenvalue weighted by Gasteiger charge is -2.27. The van der Waals surface area contributed by atoms with E-state index in [2.05, 4.69) is 5.32 Å². The number of hydrogen-bond acceptors (Lipinski definition) is 3. The van der Waals surface area contributed by atoms with Crippen LogP contribution in [0.2, 0.25) is 0 Å². The molecule has 18 heavy (non-hydrogen) atoms. The van der Waals surface area contributed by atoms with Gasteiger partial charge in [0.25, 0.3) is 5.69 Å². The first-order valence-electron chi connectivity index (χ1n) is 6.04. The first-order valence-corrected chi connectivity index (χ1v) is 6.04. The zero-order valence-electron chi connectivity index (χ0n) is 10.8. The molecule has 0 bridgehead atoms. The van der Waals surface area contributed by atoms with E-state index >= 15 is 0 Å². The van der Waals surface area contributed by atoms with Crippen LogP contribution in [0, 0.1) is 28.8 Å². The predicted octanol–water partition coefficient (Wildman–Crippen LogP) is 3.64. The Morgan fingerprint density at radius 2 is 2.06 bits per heavy atom. The Hall–Kier alpha value is -1.65. The van der Waals surface area contributed by atoms with Gasteiger partial charge in [0.1, 0.15) is 11.5 Å². The lowest BCUT2D eigenvalue weighted by atomic mass is 9.97. The van der Waals surface area contributed by atoms with E-state index in [1.165, 1.54) is 6.07 Å². The Morgan fingerprint density at radius 3 is 2.56 bits per heavy atom. The van der Waals surface area contributed by atoms with Crippen LogP contribution >= 0.6 is 0 Å². The molecule has 0 heterocycles. The predicted molar refractivity (Wildman–Crippen MR) is 68.2 cm³/mol. The molecule has 0 spiro atoms. The van der Waals surface area contributed by atoms with Gasteiger partial charge in [0.2, 0.25) is 0 Å². The second kappa shape index (κ2) is 4.23. The summed E-state index contributed by atoms with van der Waals surface area (Å²) in [5.74, 6) is -0.0149. The Balaban J connectivity index is 2.36. The minimum Gasteiger partial charge on any atom is -0.374 e. The van der Waals surface area contributed by atoms with E-state index in [4.69, 9.17) is 0 Å². The standard InChI is InChI=1S/C13H17FN2O2/c1-8-6-11(12(16(17)18)7-10(8)14)15-13(2,3)9-4-5-9/h6-7,9,15H,4-5H2,1-3H3. The number of nitro benzene ring substituents is 1. The summed E-state index contributed by atoms with van der Waals surface area (Å²) < 4.78 is 13.4. The van der Waals surface area contributed by atoms with Crippen molar-refractivity contribution in [1.82, 2.24) is 0 Å². The highest BCUT2D eigenvalue weighted by Crippen LogP contribution is 2.42. The van der Waals surface area contributed by atoms with Crippen molar-refractivity contribution < 1.29 is 9.31 Å². The number of benzene rings is 1. The molecule has 5 heteroatoms. The molecule has 0 saturated heterocycles. The zero-order chi connectivity index (χ0) is 13.5. The average Bonchev–Trinajstić information content (AvgIpc) is 3.05. The maximum Gasteiger partial charge on any atom is 0.295 e. The molecule has 4 nitrogen and oxygen atoms in total. The average molecular weight is 252 g/mol. The van der Waals surface area contributed by atoms with Crippen molar-refractivity contribution >= 4 is 11.4 Å². The molecule has 0 atom stereocenters. The van der Waals surface area contributed by atoms with E-state index in [1.807, 2.05) is 13.8 Å². The summed E-state index contributed by atoms with van der Waals surface area (Å²) >= 11 is 0. The van der Waals surface area contributed by atoms with Crippen molar-refractivity contribution in [1.29, 1.82) is 0 Å². The summed E-state index contributed by atoms with van der Waals surface area (Å²) in [6, 6.07) is 2.50. The third-order valence-electron chi connectivity index (χ3n) is 3.53. The monoisotopic (exact) mass is 252 g/mol. The molecule has 0 radical (unpaired) electrons. The molecule has 1 fully saturated rings. The second-order valence-corrected chi connectivity index (χ2v) is 5.50. The Bertz CT molecular complexity index is 496. The van der Waals surface area contributed by atoms with Crippen LogP contribution in [0.25, 0.3) is 0 Å². The fourth-order valence-electron chi connectivity index (χ4n) is 2.18. The van der Waals surface area contributed by atoms with Gasteiger partial charge in [-0.3, -0.25) is 10.1 Å². The fraction of sp³-hybridized carbons (Fsp3) is 0.538. The van der Waals surface area contributed by atoms with Gasteiger partial charge in [-0.15, -0.1) is 0 Å². The number of aryl methyl sites for hydroxylation is 1.